The third kappa shape index (κ3) is 3.07. The highest BCUT2D eigenvalue weighted by atomic mass is 16.2. The van der Waals surface area contributed by atoms with Gasteiger partial charge in [0.25, 0.3) is 0 Å². The van der Waals surface area contributed by atoms with Crippen LogP contribution >= 0.6 is 0 Å². The number of carbonyl (C=O) groups is 1. The molecule has 0 fully saturated rings. The fourth-order valence-electron chi connectivity index (χ4n) is 1.42. The van der Waals surface area contributed by atoms with E-state index in [-0.39, 0.29) is 5.91 Å². The van der Waals surface area contributed by atoms with Crippen LogP contribution in [0.1, 0.15) is 31.9 Å². The van der Waals surface area contributed by atoms with Crippen LogP contribution in [0.4, 0.5) is 5.69 Å². The number of aryl methyl sites for hydroxylation is 2. The molecular weight excluding hydrogens is 200 g/mol. The third-order valence-electron chi connectivity index (χ3n) is 2.57. The van der Waals surface area contributed by atoms with Gasteiger partial charge < -0.3 is 11.1 Å². The van der Waals surface area contributed by atoms with Crippen LogP contribution in [0.15, 0.2) is 18.2 Å². The maximum absolute atomic E-state index is 11.7. The Balaban J connectivity index is 2.87. The molecule has 0 aliphatic heterocycles. The largest absolute Gasteiger partial charge is 0.325 e. The molecule has 3 nitrogen and oxygen atoms in total. The number of amides is 1. The molecule has 0 saturated carbocycles. The number of carbonyl (C=O) groups excluding carboxylic acids is 1. The predicted octanol–water partition coefficient (Wildman–Crippen LogP) is 2.23. The molecular formula is C13H20N2O. The fourth-order valence-corrected chi connectivity index (χ4v) is 1.42. The molecule has 1 aromatic carbocycles. The second kappa shape index (κ2) is 4.66. The summed E-state index contributed by atoms with van der Waals surface area (Å²) in [5, 5.41) is 2.82. The minimum atomic E-state index is -0.850. The van der Waals surface area contributed by atoms with Crippen molar-refractivity contribution in [3.8, 4) is 0 Å². The van der Waals surface area contributed by atoms with Crippen molar-refractivity contribution in [1.29, 1.82) is 0 Å². The van der Waals surface area contributed by atoms with Crippen molar-refractivity contribution < 1.29 is 4.79 Å². The van der Waals surface area contributed by atoms with Gasteiger partial charge >= 0.3 is 0 Å². The molecule has 0 saturated heterocycles. The maximum atomic E-state index is 11.7. The summed E-state index contributed by atoms with van der Waals surface area (Å²) in [4.78, 5) is 11.7. The number of rotatable bonds is 3. The summed E-state index contributed by atoms with van der Waals surface area (Å²) in [6, 6.07) is 5.91. The van der Waals surface area contributed by atoms with Gasteiger partial charge in [0.2, 0.25) is 5.91 Å². The summed E-state index contributed by atoms with van der Waals surface area (Å²) in [7, 11) is 0. The minimum Gasteiger partial charge on any atom is -0.325 e. The molecule has 0 unspecified atom stereocenters. The smallest absolute Gasteiger partial charge is 0.243 e. The van der Waals surface area contributed by atoms with Gasteiger partial charge in [-0.05, 0) is 50.5 Å². The number of anilines is 1. The Morgan fingerprint density at radius 1 is 1.44 bits per heavy atom. The molecule has 3 N–H and O–H groups in total. The zero-order valence-electron chi connectivity index (χ0n) is 10.4. The lowest BCUT2D eigenvalue weighted by atomic mass is 10.0. The Bertz CT molecular complexity index is 391. The van der Waals surface area contributed by atoms with Crippen LogP contribution < -0.4 is 11.1 Å². The topological polar surface area (TPSA) is 55.1 Å². The Kier molecular flexibility index (Phi) is 3.70. The molecule has 0 heterocycles. The lowest BCUT2D eigenvalue weighted by Gasteiger charge is -2.18. The lowest BCUT2D eigenvalue weighted by Crippen LogP contribution is -2.45. The zero-order chi connectivity index (χ0) is 12.3. The molecule has 3 heteroatoms. The number of nitrogens with one attached hydrogen (secondary N) is 1. The SMILES string of the molecule is CCc1cc(NC(=O)C(C)(C)N)ccc1C. The molecule has 0 atom stereocenters. The van der Waals surface area contributed by atoms with E-state index in [0.29, 0.717) is 0 Å². The van der Waals surface area contributed by atoms with Crippen LogP contribution in [-0.2, 0) is 11.2 Å². The van der Waals surface area contributed by atoms with Crippen molar-refractivity contribution in [2.24, 2.45) is 5.73 Å². The van der Waals surface area contributed by atoms with E-state index in [9.17, 15) is 4.79 Å². The molecule has 16 heavy (non-hydrogen) atoms. The van der Waals surface area contributed by atoms with Gasteiger partial charge in [-0.1, -0.05) is 13.0 Å². The van der Waals surface area contributed by atoms with E-state index in [1.807, 2.05) is 18.2 Å². The molecule has 1 amide bonds. The van der Waals surface area contributed by atoms with Crippen molar-refractivity contribution in [3.63, 3.8) is 0 Å². The van der Waals surface area contributed by atoms with Gasteiger partial charge in [-0.15, -0.1) is 0 Å². The summed E-state index contributed by atoms with van der Waals surface area (Å²) >= 11 is 0. The van der Waals surface area contributed by atoms with E-state index in [4.69, 9.17) is 5.73 Å². The maximum Gasteiger partial charge on any atom is 0.243 e. The molecule has 0 aliphatic rings. The van der Waals surface area contributed by atoms with E-state index >= 15 is 0 Å². The number of benzene rings is 1. The number of hydrogen-bond acceptors (Lipinski definition) is 2. The first-order chi connectivity index (χ1) is 7.34. The summed E-state index contributed by atoms with van der Waals surface area (Å²) < 4.78 is 0. The highest BCUT2D eigenvalue weighted by Gasteiger charge is 2.21. The molecule has 88 valence electrons. The van der Waals surface area contributed by atoms with E-state index in [0.717, 1.165) is 12.1 Å². The van der Waals surface area contributed by atoms with Gasteiger partial charge in [-0.3, -0.25) is 4.79 Å². The molecule has 1 aromatic rings. The monoisotopic (exact) mass is 220 g/mol. The lowest BCUT2D eigenvalue weighted by molar-refractivity contribution is -0.120. The first-order valence-corrected chi connectivity index (χ1v) is 5.54. The van der Waals surface area contributed by atoms with Crippen molar-refractivity contribution in [3.05, 3.63) is 29.3 Å². The van der Waals surface area contributed by atoms with Crippen LogP contribution in [0.2, 0.25) is 0 Å². The summed E-state index contributed by atoms with van der Waals surface area (Å²) in [6.07, 6.45) is 0.960. The molecule has 0 radical (unpaired) electrons. The van der Waals surface area contributed by atoms with Crippen molar-refractivity contribution in [2.75, 3.05) is 5.32 Å². The Labute approximate surface area is 97.0 Å². The van der Waals surface area contributed by atoms with Gasteiger partial charge in [0.15, 0.2) is 0 Å². The van der Waals surface area contributed by atoms with Gasteiger partial charge in [-0.25, -0.2) is 0 Å². The molecule has 0 spiro atoms. The molecule has 0 bridgehead atoms. The summed E-state index contributed by atoms with van der Waals surface area (Å²) in [6.45, 7) is 7.55. The minimum absolute atomic E-state index is 0.168. The highest BCUT2D eigenvalue weighted by molar-refractivity contribution is 5.97. The van der Waals surface area contributed by atoms with Gasteiger partial charge in [-0.2, -0.15) is 0 Å². The van der Waals surface area contributed by atoms with E-state index in [2.05, 4.69) is 19.2 Å². The first kappa shape index (κ1) is 12.7. The summed E-state index contributed by atoms with van der Waals surface area (Å²) in [5.41, 5.74) is 8.16. The second-order valence-corrected chi connectivity index (χ2v) is 4.67. The predicted molar refractivity (Wildman–Crippen MR) is 67.5 cm³/mol. The Morgan fingerprint density at radius 2 is 2.06 bits per heavy atom. The Morgan fingerprint density at radius 3 is 2.56 bits per heavy atom. The fraction of sp³-hybridized carbons (Fsp3) is 0.462. The van der Waals surface area contributed by atoms with E-state index in [1.54, 1.807) is 13.8 Å². The van der Waals surface area contributed by atoms with Gasteiger partial charge in [0.05, 0.1) is 5.54 Å². The van der Waals surface area contributed by atoms with E-state index < -0.39 is 5.54 Å². The van der Waals surface area contributed by atoms with E-state index in [1.165, 1.54) is 11.1 Å². The quantitative estimate of drug-likeness (QED) is 0.820. The van der Waals surface area contributed by atoms with Crippen LogP contribution in [0.25, 0.3) is 0 Å². The van der Waals surface area contributed by atoms with Crippen LogP contribution in [-0.4, -0.2) is 11.4 Å². The average Bonchev–Trinajstić information content (AvgIpc) is 2.19. The van der Waals surface area contributed by atoms with Crippen LogP contribution in [0.5, 0.6) is 0 Å². The average molecular weight is 220 g/mol. The van der Waals surface area contributed by atoms with Crippen LogP contribution in [0, 0.1) is 6.92 Å². The standard InChI is InChI=1S/C13H20N2O/c1-5-10-8-11(7-6-9(10)2)15-12(16)13(3,4)14/h6-8H,5,14H2,1-4H3,(H,15,16). The van der Waals surface area contributed by atoms with Gasteiger partial charge in [0.1, 0.15) is 0 Å². The second-order valence-electron chi connectivity index (χ2n) is 4.67. The first-order valence-electron chi connectivity index (χ1n) is 5.54. The number of hydrogen-bond donors (Lipinski definition) is 2. The highest BCUT2D eigenvalue weighted by Crippen LogP contribution is 2.16. The van der Waals surface area contributed by atoms with Crippen molar-refractivity contribution in [2.45, 2.75) is 39.7 Å². The molecule has 0 aliphatic carbocycles. The van der Waals surface area contributed by atoms with Crippen molar-refractivity contribution >= 4 is 11.6 Å². The molecule has 1 rings (SSSR count). The number of nitrogens with two attached hydrogens (primary N) is 1. The Hall–Kier alpha value is -1.35. The normalized spacial score (nSPS) is 11.3. The zero-order valence-corrected chi connectivity index (χ0v) is 10.4. The van der Waals surface area contributed by atoms with Crippen molar-refractivity contribution in [1.82, 2.24) is 0 Å². The summed E-state index contributed by atoms with van der Waals surface area (Å²) in [5.74, 6) is -0.168. The molecule has 0 aromatic heterocycles. The van der Waals surface area contributed by atoms with Gasteiger partial charge in [0, 0.05) is 5.69 Å². The van der Waals surface area contributed by atoms with Crippen LogP contribution in [0.3, 0.4) is 0 Å². The third-order valence-corrected chi connectivity index (χ3v) is 2.57.